The number of rotatable bonds is 6. The van der Waals surface area contributed by atoms with Gasteiger partial charge in [0.15, 0.2) is 0 Å². The van der Waals surface area contributed by atoms with Crippen molar-refractivity contribution in [2.45, 2.75) is 31.2 Å². The Kier molecular flexibility index (Phi) is 4.31. The SMILES string of the molecule is Brc1cccc(C(CNC2CC2)Cc2cncs2)c1. The Morgan fingerprint density at radius 2 is 2.32 bits per heavy atom. The summed E-state index contributed by atoms with van der Waals surface area (Å²) in [5.41, 5.74) is 3.32. The van der Waals surface area contributed by atoms with E-state index < -0.39 is 0 Å². The number of benzene rings is 1. The summed E-state index contributed by atoms with van der Waals surface area (Å²) < 4.78 is 1.16. The molecule has 3 rings (SSSR count). The van der Waals surface area contributed by atoms with E-state index in [-0.39, 0.29) is 0 Å². The van der Waals surface area contributed by atoms with Crippen LogP contribution in [0.2, 0.25) is 0 Å². The van der Waals surface area contributed by atoms with E-state index in [1.165, 1.54) is 23.3 Å². The first-order valence-electron chi connectivity index (χ1n) is 6.67. The molecular formula is C15H17BrN2S. The number of hydrogen-bond donors (Lipinski definition) is 1. The lowest BCUT2D eigenvalue weighted by molar-refractivity contribution is 0.579. The highest BCUT2D eigenvalue weighted by Crippen LogP contribution is 2.26. The lowest BCUT2D eigenvalue weighted by Crippen LogP contribution is -2.24. The van der Waals surface area contributed by atoms with Gasteiger partial charge in [-0.3, -0.25) is 4.98 Å². The van der Waals surface area contributed by atoms with Crippen molar-refractivity contribution in [3.05, 3.63) is 50.9 Å². The average molecular weight is 337 g/mol. The minimum atomic E-state index is 0.526. The van der Waals surface area contributed by atoms with Gasteiger partial charge in [0, 0.05) is 34.1 Å². The standard InChI is InChI=1S/C15H17BrN2S/c16-13-3-1-2-11(6-13)12(8-18-14-4-5-14)7-15-9-17-10-19-15/h1-3,6,9-10,12,14,18H,4-5,7-8H2. The molecule has 2 aromatic rings. The second kappa shape index (κ2) is 6.16. The molecule has 4 heteroatoms. The summed E-state index contributed by atoms with van der Waals surface area (Å²) in [5, 5.41) is 3.66. The molecule has 1 heterocycles. The van der Waals surface area contributed by atoms with Gasteiger partial charge in [0.25, 0.3) is 0 Å². The predicted octanol–water partition coefficient (Wildman–Crippen LogP) is 3.98. The lowest BCUT2D eigenvalue weighted by atomic mass is 9.95. The molecule has 0 saturated heterocycles. The highest BCUT2D eigenvalue weighted by atomic mass is 79.9. The molecule has 1 aromatic carbocycles. The fourth-order valence-electron chi connectivity index (χ4n) is 2.25. The summed E-state index contributed by atoms with van der Waals surface area (Å²) in [6.07, 6.45) is 5.74. The van der Waals surface area contributed by atoms with Crippen LogP contribution in [0.4, 0.5) is 0 Å². The van der Waals surface area contributed by atoms with Crippen molar-refractivity contribution in [3.63, 3.8) is 0 Å². The zero-order valence-corrected chi connectivity index (χ0v) is 13.1. The molecule has 2 nitrogen and oxygen atoms in total. The maximum absolute atomic E-state index is 4.18. The van der Waals surface area contributed by atoms with Crippen molar-refractivity contribution in [1.29, 1.82) is 0 Å². The Bertz CT molecular complexity index is 523. The van der Waals surface area contributed by atoms with E-state index in [0.29, 0.717) is 5.92 Å². The number of halogens is 1. The van der Waals surface area contributed by atoms with Gasteiger partial charge in [-0.1, -0.05) is 28.1 Å². The fourth-order valence-corrected chi connectivity index (χ4v) is 3.34. The summed E-state index contributed by atoms with van der Waals surface area (Å²) in [5.74, 6) is 0.526. The van der Waals surface area contributed by atoms with Crippen molar-refractivity contribution in [2.24, 2.45) is 0 Å². The molecule has 0 bridgehead atoms. The average Bonchev–Trinajstić information content (AvgIpc) is 3.10. The van der Waals surface area contributed by atoms with Crippen LogP contribution in [0.3, 0.4) is 0 Å². The molecule has 1 saturated carbocycles. The van der Waals surface area contributed by atoms with Gasteiger partial charge in [-0.2, -0.15) is 0 Å². The molecule has 1 aliphatic carbocycles. The molecule has 1 unspecified atom stereocenters. The summed E-state index contributed by atoms with van der Waals surface area (Å²) >= 11 is 5.32. The van der Waals surface area contributed by atoms with Crippen molar-refractivity contribution in [1.82, 2.24) is 10.3 Å². The van der Waals surface area contributed by atoms with E-state index in [2.05, 4.69) is 50.5 Å². The largest absolute Gasteiger partial charge is 0.313 e. The Morgan fingerprint density at radius 3 is 3.00 bits per heavy atom. The Labute approximate surface area is 126 Å². The van der Waals surface area contributed by atoms with E-state index in [1.807, 2.05) is 11.7 Å². The van der Waals surface area contributed by atoms with Crippen LogP contribution in [-0.2, 0) is 6.42 Å². The van der Waals surface area contributed by atoms with Crippen molar-refractivity contribution in [3.8, 4) is 0 Å². The molecule has 0 amide bonds. The number of nitrogens with zero attached hydrogens (tertiary/aromatic N) is 1. The van der Waals surface area contributed by atoms with Crippen LogP contribution in [0, 0.1) is 0 Å². The maximum atomic E-state index is 4.18. The van der Waals surface area contributed by atoms with Crippen LogP contribution in [0.25, 0.3) is 0 Å². The molecule has 1 aliphatic rings. The summed E-state index contributed by atoms with van der Waals surface area (Å²) in [4.78, 5) is 5.55. The van der Waals surface area contributed by atoms with Crippen LogP contribution in [0.15, 0.2) is 40.4 Å². The molecule has 1 fully saturated rings. The predicted molar refractivity (Wildman–Crippen MR) is 83.7 cm³/mol. The zero-order valence-electron chi connectivity index (χ0n) is 10.7. The highest BCUT2D eigenvalue weighted by molar-refractivity contribution is 9.10. The number of hydrogen-bond acceptors (Lipinski definition) is 3. The van der Waals surface area contributed by atoms with Crippen molar-refractivity contribution >= 4 is 27.3 Å². The third kappa shape index (κ3) is 3.88. The van der Waals surface area contributed by atoms with E-state index in [1.54, 1.807) is 11.3 Å². The number of thiazole rings is 1. The molecule has 1 N–H and O–H groups in total. The normalized spacial score (nSPS) is 16.5. The minimum absolute atomic E-state index is 0.526. The summed E-state index contributed by atoms with van der Waals surface area (Å²) in [7, 11) is 0. The molecule has 0 aliphatic heterocycles. The topological polar surface area (TPSA) is 24.9 Å². The quantitative estimate of drug-likeness (QED) is 0.862. The fraction of sp³-hybridized carbons (Fsp3) is 0.400. The molecule has 19 heavy (non-hydrogen) atoms. The molecule has 1 atom stereocenters. The lowest BCUT2D eigenvalue weighted by Gasteiger charge is -2.17. The van der Waals surface area contributed by atoms with Gasteiger partial charge >= 0.3 is 0 Å². The Balaban J connectivity index is 1.73. The number of nitrogens with one attached hydrogen (secondary N) is 1. The summed E-state index contributed by atoms with van der Waals surface area (Å²) in [6.45, 7) is 1.05. The van der Waals surface area contributed by atoms with Gasteiger partial charge in [-0.15, -0.1) is 11.3 Å². The van der Waals surface area contributed by atoms with E-state index >= 15 is 0 Å². The maximum Gasteiger partial charge on any atom is 0.0794 e. The van der Waals surface area contributed by atoms with Crippen molar-refractivity contribution in [2.75, 3.05) is 6.54 Å². The van der Waals surface area contributed by atoms with Crippen LogP contribution in [0.1, 0.15) is 29.2 Å². The van der Waals surface area contributed by atoms with E-state index in [9.17, 15) is 0 Å². The molecule has 1 aromatic heterocycles. The zero-order chi connectivity index (χ0) is 13.1. The first-order valence-corrected chi connectivity index (χ1v) is 8.35. The van der Waals surface area contributed by atoms with Gasteiger partial charge in [-0.25, -0.2) is 0 Å². The monoisotopic (exact) mass is 336 g/mol. The van der Waals surface area contributed by atoms with Crippen molar-refractivity contribution < 1.29 is 0 Å². The first-order chi connectivity index (χ1) is 9.31. The van der Waals surface area contributed by atoms with Gasteiger partial charge in [-0.05, 0) is 37.0 Å². The van der Waals surface area contributed by atoms with Gasteiger partial charge in [0.2, 0.25) is 0 Å². The van der Waals surface area contributed by atoms with E-state index in [4.69, 9.17) is 0 Å². The Hall–Kier alpha value is -0.710. The molecule has 0 spiro atoms. The molecule has 0 radical (unpaired) electrons. The first kappa shape index (κ1) is 13.3. The Morgan fingerprint density at radius 1 is 1.42 bits per heavy atom. The van der Waals surface area contributed by atoms with Crippen LogP contribution in [-0.4, -0.2) is 17.6 Å². The number of aromatic nitrogens is 1. The van der Waals surface area contributed by atoms with E-state index in [0.717, 1.165) is 23.5 Å². The third-order valence-corrected chi connectivity index (χ3v) is 4.78. The molecular weight excluding hydrogens is 320 g/mol. The minimum Gasteiger partial charge on any atom is -0.313 e. The van der Waals surface area contributed by atoms with Crippen LogP contribution in [0.5, 0.6) is 0 Å². The highest BCUT2D eigenvalue weighted by Gasteiger charge is 2.22. The van der Waals surface area contributed by atoms with Crippen LogP contribution >= 0.6 is 27.3 Å². The smallest absolute Gasteiger partial charge is 0.0794 e. The van der Waals surface area contributed by atoms with Crippen LogP contribution < -0.4 is 5.32 Å². The second-order valence-corrected chi connectivity index (χ2v) is 6.99. The second-order valence-electron chi connectivity index (χ2n) is 5.11. The van der Waals surface area contributed by atoms with Gasteiger partial charge in [0.05, 0.1) is 5.51 Å². The molecule has 100 valence electrons. The summed E-state index contributed by atoms with van der Waals surface area (Å²) in [6, 6.07) is 9.43. The van der Waals surface area contributed by atoms with Gasteiger partial charge < -0.3 is 5.32 Å². The third-order valence-electron chi connectivity index (χ3n) is 3.48. The van der Waals surface area contributed by atoms with Gasteiger partial charge in [0.1, 0.15) is 0 Å².